The molecule has 3 aromatic heterocycles. The number of carbonyl (C=O) groups excluding carboxylic acids is 1. The Morgan fingerprint density at radius 3 is 2.42 bits per heavy atom. The Labute approximate surface area is 205 Å². The summed E-state index contributed by atoms with van der Waals surface area (Å²) in [5.74, 6) is 0.00287. The molecular weight excluding hydrogens is 471 g/mol. The Morgan fingerprint density at radius 1 is 1.00 bits per heavy atom. The molecular formula is C25H24F3N7O. The van der Waals surface area contributed by atoms with Crippen molar-refractivity contribution >= 4 is 23.2 Å². The molecule has 0 aliphatic rings. The Hall–Kier alpha value is -4.28. The molecule has 2 N–H and O–H groups in total. The highest BCUT2D eigenvalue weighted by atomic mass is 19.4. The van der Waals surface area contributed by atoms with Crippen molar-refractivity contribution < 1.29 is 18.0 Å². The van der Waals surface area contributed by atoms with E-state index in [0.717, 1.165) is 23.9 Å². The quantitative estimate of drug-likeness (QED) is 0.375. The maximum Gasteiger partial charge on any atom is 0.418 e. The lowest BCUT2D eigenvalue weighted by Crippen LogP contribution is -2.16. The maximum atomic E-state index is 13.8. The van der Waals surface area contributed by atoms with Gasteiger partial charge in [-0.1, -0.05) is 20.8 Å². The Kier molecular flexibility index (Phi) is 6.49. The SMILES string of the molecule is Cn1nc(C(C)(C)C)cc1NC(=O)c1ccc(C(F)(F)F)c(Nc2ncccc2-c2ccncn2)c1. The minimum Gasteiger partial charge on any atom is -0.339 e. The fourth-order valence-electron chi connectivity index (χ4n) is 3.46. The monoisotopic (exact) mass is 495 g/mol. The molecule has 1 amide bonds. The first-order chi connectivity index (χ1) is 16.9. The van der Waals surface area contributed by atoms with Crippen molar-refractivity contribution in [3.8, 4) is 11.3 Å². The molecule has 0 spiro atoms. The summed E-state index contributed by atoms with van der Waals surface area (Å²) in [4.78, 5) is 25.2. The highest BCUT2D eigenvalue weighted by Crippen LogP contribution is 2.38. The van der Waals surface area contributed by atoms with Gasteiger partial charge in [0.1, 0.15) is 18.0 Å². The molecule has 0 unspecified atom stereocenters. The Morgan fingerprint density at radius 2 is 1.78 bits per heavy atom. The summed E-state index contributed by atoms with van der Waals surface area (Å²) in [5.41, 5.74) is 0.266. The highest BCUT2D eigenvalue weighted by Gasteiger charge is 2.34. The summed E-state index contributed by atoms with van der Waals surface area (Å²) in [6.45, 7) is 5.96. The number of anilines is 3. The number of aryl methyl sites for hydroxylation is 1. The summed E-state index contributed by atoms with van der Waals surface area (Å²) in [7, 11) is 1.68. The van der Waals surface area contributed by atoms with Crippen molar-refractivity contribution in [3.63, 3.8) is 0 Å². The van der Waals surface area contributed by atoms with Crippen LogP contribution in [0.2, 0.25) is 0 Å². The first-order valence-corrected chi connectivity index (χ1v) is 11.0. The third-order valence-electron chi connectivity index (χ3n) is 5.40. The molecule has 1 aromatic carbocycles. The number of pyridine rings is 1. The van der Waals surface area contributed by atoms with E-state index in [-0.39, 0.29) is 22.5 Å². The lowest BCUT2D eigenvalue weighted by molar-refractivity contribution is -0.136. The molecule has 36 heavy (non-hydrogen) atoms. The van der Waals surface area contributed by atoms with Crippen LogP contribution in [0.4, 0.5) is 30.5 Å². The fourth-order valence-corrected chi connectivity index (χ4v) is 3.46. The normalized spacial score (nSPS) is 11.9. The van der Waals surface area contributed by atoms with Crippen molar-refractivity contribution in [2.75, 3.05) is 10.6 Å². The molecule has 4 rings (SSSR count). The van der Waals surface area contributed by atoms with Crippen molar-refractivity contribution in [1.29, 1.82) is 0 Å². The highest BCUT2D eigenvalue weighted by molar-refractivity contribution is 6.04. The van der Waals surface area contributed by atoms with Crippen LogP contribution in [-0.4, -0.2) is 30.6 Å². The van der Waals surface area contributed by atoms with Gasteiger partial charge >= 0.3 is 6.18 Å². The van der Waals surface area contributed by atoms with E-state index in [2.05, 4.69) is 30.7 Å². The van der Waals surface area contributed by atoms with Crippen LogP contribution in [0.5, 0.6) is 0 Å². The zero-order valence-corrected chi connectivity index (χ0v) is 20.1. The molecule has 0 atom stereocenters. The lowest BCUT2D eigenvalue weighted by atomic mass is 9.92. The van der Waals surface area contributed by atoms with Crippen molar-refractivity contribution in [2.45, 2.75) is 32.4 Å². The first-order valence-electron chi connectivity index (χ1n) is 11.0. The number of aromatic nitrogens is 5. The number of amides is 1. The van der Waals surface area contributed by atoms with Gasteiger partial charge in [-0.3, -0.25) is 9.48 Å². The van der Waals surface area contributed by atoms with Gasteiger partial charge in [0.15, 0.2) is 0 Å². The minimum absolute atomic E-state index is 0.0310. The van der Waals surface area contributed by atoms with Gasteiger partial charge < -0.3 is 10.6 Å². The second-order valence-corrected chi connectivity index (χ2v) is 9.12. The second kappa shape index (κ2) is 9.40. The van der Waals surface area contributed by atoms with Gasteiger partial charge in [-0.15, -0.1) is 0 Å². The summed E-state index contributed by atoms with van der Waals surface area (Å²) >= 11 is 0. The van der Waals surface area contributed by atoms with Crippen LogP contribution in [0.25, 0.3) is 11.3 Å². The van der Waals surface area contributed by atoms with Crippen LogP contribution in [0.15, 0.2) is 61.2 Å². The zero-order valence-electron chi connectivity index (χ0n) is 20.1. The molecule has 8 nitrogen and oxygen atoms in total. The van der Waals surface area contributed by atoms with Crippen LogP contribution >= 0.6 is 0 Å². The smallest absolute Gasteiger partial charge is 0.339 e. The van der Waals surface area contributed by atoms with Gasteiger partial charge in [0.25, 0.3) is 5.91 Å². The van der Waals surface area contributed by atoms with Gasteiger partial charge in [0.2, 0.25) is 0 Å². The number of carbonyl (C=O) groups is 1. The van der Waals surface area contributed by atoms with Crippen LogP contribution in [0.1, 0.15) is 42.4 Å². The molecule has 3 heterocycles. The zero-order chi connectivity index (χ0) is 26.1. The van der Waals surface area contributed by atoms with E-state index in [0.29, 0.717) is 17.1 Å². The summed E-state index contributed by atoms with van der Waals surface area (Å²) < 4.78 is 43.0. The lowest BCUT2D eigenvalue weighted by Gasteiger charge is -2.17. The van der Waals surface area contributed by atoms with E-state index in [1.54, 1.807) is 31.3 Å². The second-order valence-electron chi connectivity index (χ2n) is 9.12. The Balaban J connectivity index is 1.69. The van der Waals surface area contributed by atoms with Gasteiger partial charge in [-0.2, -0.15) is 18.3 Å². The van der Waals surface area contributed by atoms with Crippen molar-refractivity contribution in [2.24, 2.45) is 7.05 Å². The molecule has 4 aromatic rings. The van der Waals surface area contributed by atoms with E-state index < -0.39 is 17.6 Å². The molecule has 0 saturated carbocycles. The summed E-state index contributed by atoms with van der Waals surface area (Å²) in [6, 6.07) is 9.84. The predicted octanol–water partition coefficient (Wildman–Crippen LogP) is 5.58. The summed E-state index contributed by atoms with van der Waals surface area (Å²) in [6.07, 6.45) is -0.354. The first kappa shape index (κ1) is 24.8. The number of nitrogens with zero attached hydrogens (tertiary/aromatic N) is 5. The van der Waals surface area contributed by atoms with Crippen LogP contribution < -0.4 is 10.6 Å². The minimum atomic E-state index is -4.66. The molecule has 0 radical (unpaired) electrons. The number of halogens is 3. The molecule has 0 aliphatic heterocycles. The largest absolute Gasteiger partial charge is 0.418 e. The van der Waals surface area contributed by atoms with E-state index in [1.807, 2.05) is 20.8 Å². The van der Waals surface area contributed by atoms with Crippen molar-refractivity contribution in [3.05, 3.63) is 78.0 Å². The van der Waals surface area contributed by atoms with Gasteiger partial charge in [0, 0.05) is 42.0 Å². The average Bonchev–Trinajstić information content (AvgIpc) is 3.20. The standard InChI is InChI=1S/C25H24F3N7O/c1-24(2,3)20-13-21(35(4)34-20)33-23(36)15-7-8-17(25(26,27)28)19(12-15)32-22-16(6-5-10-30-22)18-9-11-29-14-31-18/h5-14H,1-4H3,(H,30,32)(H,33,36). The molecule has 11 heteroatoms. The predicted molar refractivity (Wildman–Crippen MR) is 130 cm³/mol. The van der Waals surface area contributed by atoms with Gasteiger partial charge in [0.05, 0.1) is 22.6 Å². The van der Waals surface area contributed by atoms with Crippen LogP contribution in [-0.2, 0) is 18.6 Å². The van der Waals surface area contributed by atoms with Gasteiger partial charge in [-0.25, -0.2) is 15.0 Å². The number of rotatable bonds is 5. The molecule has 0 aliphatic carbocycles. The Bertz CT molecular complexity index is 1390. The topological polar surface area (TPSA) is 97.6 Å². The van der Waals surface area contributed by atoms with E-state index in [9.17, 15) is 18.0 Å². The molecule has 0 fully saturated rings. The van der Waals surface area contributed by atoms with Crippen molar-refractivity contribution in [1.82, 2.24) is 24.7 Å². The van der Waals surface area contributed by atoms with Crippen LogP contribution in [0.3, 0.4) is 0 Å². The molecule has 0 bridgehead atoms. The van der Waals surface area contributed by atoms with Crippen LogP contribution in [0, 0.1) is 0 Å². The van der Waals surface area contributed by atoms with Gasteiger partial charge in [-0.05, 0) is 36.4 Å². The molecule has 186 valence electrons. The van der Waals surface area contributed by atoms with E-state index in [4.69, 9.17) is 0 Å². The number of alkyl halides is 3. The maximum absolute atomic E-state index is 13.8. The van der Waals surface area contributed by atoms with E-state index in [1.165, 1.54) is 23.4 Å². The molecule has 0 saturated heterocycles. The fraction of sp³-hybridized carbons (Fsp3) is 0.240. The third kappa shape index (κ3) is 5.35. The van der Waals surface area contributed by atoms with E-state index >= 15 is 0 Å². The summed E-state index contributed by atoms with van der Waals surface area (Å²) in [5, 5.41) is 9.89. The number of benzene rings is 1. The third-order valence-corrected chi connectivity index (χ3v) is 5.40. The number of nitrogens with one attached hydrogen (secondary N) is 2. The number of hydrogen-bond acceptors (Lipinski definition) is 6. The average molecular weight is 496 g/mol. The number of hydrogen-bond donors (Lipinski definition) is 2.